The fourth-order valence-corrected chi connectivity index (χ4v) is 3.03. The Bertz CT molecular complexity index is 639. The smallest absolute Gasteiger partial charge is 0.251 e. The standard InChI is InChI=1S/C16H19ClN2OS/c1-4-18-16(20)12-6-5-10(2)14(7-12)19-11(3)13-8-15(17)21-9-13/h5-9,11,19H,4H2,1-3H3,(H,18,20). The van der Waals surface area contributed by atoms with Crippen molar-refractivity contribution in [3.63, 3.8) is 0 Å². The van der Waals surface area contributed by atoms with Crippen molar-refractivity contribution in [2.75, 3.05) is 11.9 Å². The second-order valence-electron chi connectivity index (χ2n) is 4.94. The normalized spacial score (nSPS) is 12.0. The average Bonchev–Trinajstić information content (AvgIpc) is 2.88. The molecule has 1 aromatic carbocycles. The van der Waals surface area contributed by atoms with Crippen molar-refractivity contribution in [3.05, 3.63) is 50.7 Å². The highest BCUT2D eigenvalue weighted by atomic mass is 35.5. The molecule has 2 aromatic rings. The number of benzene rings is 1. The van der Waals surface area contributed by atoms with Gasteiger partial charge in [0.15, 0.2) is 0 Å². The third kappa shape index (κ3) is 3.99. The first-order chi connectivity index (χ1) is 10.0. The summed E-state index contributed by atoms with van der Waals surface area (Å²) >= 11 is 7.50. The van der Waals surface area contributed by atoms with Crippen LogP contribution in [-0.4, -0.2) is 12.5 Å². The molecule has 0 fully saturated rings. The molecule has 1 atom stereocenters. The zero-order chi connectivity index (χ0) is 15.4. The number of thiophene rings is 1. The molecule has 1 amide bonds. The van der Waals surface area contributed by atoms with E-state index in [0.29, 0.717) is 12.1 Å². The molecule has 0 spiro atoms. The first kappa shape index (κ1) is 15.9. The molecule has 1 aromatic heterocycles. The number of amides is 1. The van der Waals surface area contributed by atoms with Crippen molar-refractivity contribution in [3.8, 4) is 0 Å². The van der Waals surface area contributed by atoms with Crippen LogP contribution in [0.2, 0.25) is 4.34 Å². The first-order valence-electron chi connectivity index (χ1n) is 6.90. The minimum atomic E-state index is -0.0493. The van der Waals surface area contributed by atoms with E-state index in [-0.39, 0.29) is 11.9 Å². The molecule has 1 unspecified atom stereocenters. The van der Waals surface area contributed by atoms with E-state index < -0.39 is 0 Å². The Hall–Kier alpha value is -1.52. The predicted octanol–water partition coefficient (Wildman–Crippen LogP) is 4.63. The van der Waals surface area contributed by atoms with E-state index in [1.54, 1.807) is 0 Å². The lowest BCUT2D eigenvalue weighted by atomic mass is 10.1. The van der Waals surface area contributed by atoms with Crippen molar-refractivity contribution in [2.24, 2.45) is 0 Å². The minimum absolute atomic E-state index is 0.0493. The summed E-state index contributed by atoms with van der Waals surface area (Å²) in [6.45, 7) is 6.64. The van der Waals surface area contributed by atoms with Gasteiger partial charge in [0.2, 0.25) is 0 Å². The molecule has 21 heavy (non-hydrogen) atoms. The van der Waals surface area contributed by atoms with Crippen molar-refractivity contribution in [1.82, 2.24) is 5.32 Å². The van der Waals surface area contributed by atoms with Gasteiger partial charge in [-0.3, -0.25) is 4.79 Å². The number of carbonyl (C=O) groups is 1. The SMILES string of the molecule is CCNC(=O)c1ccc(C)c(NC(C)c2csc(Cl)c2)c1. The molecular weight excluding hydrogens is 304 g/mol. The van der Waals surface area contributed by atoms with Crippen LogP contribution in [0.4, 0.5) is 5.69 Å². The summed E-state index contributed by atoms with van der Waals surface area (Å²) in [4.78, 5) is 11.9. The summed E-state index contributed by atoms with van der Waals surface area (Å²) in [6, 6.07) is 7.80. The first-order valence-corrected chi connectivity index (χ1v) is 8.16. The second kappa shape index (κ2) is 6.96. The molecule has 0 saturated heterocycles. The second-order valence-corrected chi connectivity index (χ2v) is 6.48. The minimum Gasteiger partial charge on any atom is -0.378 e. The average molecular weight is 323 g/mol. The van der Waals surface area contributed by atoms with Crippen LogP contribution < -0.4 is 10.6 Å². The third-order valence-corrected chi connectivity index (χ3v) is 4.41. The van der Waals surface area contributed by atoms with Gasteiger partial charge >= 0.3 is 0 Å². The van der Waals surface area contributed by atoms with Gasteiger partial charge in [0.1, 0.15) is 0 Å². The number of aryl methyl sites for hydroxylation is 1. The summed E-state index contributed by atoms with van der Waals surface area (Å²) in [5.41, 5.74) is 3.89. The summed E-state index contributed by atoms with van der Waals surface area (Å²) in [5, 5.41) is 8.30. The van der Waals surface area contributed by atoms with Gasteiger partial charge in [0.25, 0.3) is 5.91 Å². The summed E-state index contributed by atoms with van der Waals surface area (Å²) < 4.78 is 0.784. The lowest BCUT2D eigenvalue weighted by Gasteiger charge is -2.17. The lowest BCUT2D eigenvalue weighted by Crippen LogP contribution is -2.22. The van der Waals surface area contributed by atoms with Gasteiger partial charge in [-0.25, -0.2) is 0 Å². The predicted molar refractivity (Wildman–Crippen MR) is 90.6 cm³/mol. The number of halogens is 1. The van der Waals surface area contributed by atoms with Gasteiger partial charge in [-0.15, -0.1) is 11.3 Å². The molecule has 0 aliphatic heterocycles. The molecule has 0 aliphatic rings. The van der Waals surface area contributed by atoms with Gasteiger partial charge < -0.3 is 10.6 Å². The number of anilines is 1. The van der Waals surface area contributed by atoms with Gasteiger partial charge in [0.05, 0.1) is 4.34 Å². The van der Waals surface area contributed by atoms with Crippen molar-refractivity contribution in [1.29, 1.82) is 0 Å². The van der Waals surface area contributed by atoms with Gasteiger partial charge in [-0.05, 0) is 55.5 Å². The van der Waals surface area contributed by atoms with Crippen LogP contribution in [0.3, 0.4) is 0 Å². The van der Waals surface area contributed by atoms with Crippen LogP contribution in [0.5, 0.6) is 0 Å². The van der Waals surface area contributed by atoms with E-state index in [0.717, 1.165) is 21.2 Å². The highest BCUT2D eigenvalue weighted by Crippen LogP contribution is 2.28. The topological polar surface area (TPSA) is 41.1 Å². The molecule has 2 N–H and O–H groups in total. The van der Waals surface area contributed by atoms with Gasteiger partial charge in [0, 0.05) is 23.8 Å². The fourth-order valence-electron chi connectivity index (χ4n) is 2.05. The van der Waals surface area contributed by atoms with Crippen molar-refractivity contribution < 1.29 is 4.79 Å². The molecule has 1 heterocycles. The molecule has 112 valence electrons. The number of rotatable bonds is 5. The van der Waals surface area contributed by atoms with Crippen molar-refractivity contribution in [2.45, 2.75) is 26.8 Å². The molecule has 0 aliphatic carbocycles. The maximum atomic E-state index is 11.9. The molecule has 3 nitrogen and oxygen atoms in total. The zero-order valence-corrected chi connectivity index (χ0v) is 13.9. The summed E-state index contributed by atoms with van der Waals surface area (Å²) in [7, 11) is 0. The van der Waals surface area contributed by atoms with Crippen molar-refractivity contribution >= 4 is 34.5 Å². The van der Waals surface area contributed by atoms with E-state index in [9.17, 15) is 4.79 Å². The third-order valence-electron chi connectivity index (χ3n) is 3.30. The van der Waals surface area contributed by atoms with Crippen LogP contribution in [-0.2, 0) is 0 Å². The maximum Gasteiger partial charge on any atom is 0.251 e. The van der Waals surface area contributed by atoms with Crippen LogP contribution in [0.15, 0.2) is 29.6 Å². The highest BCUT2D eigenvalue weighted by Gasteiger charge is 2.11. The van der Waals surface area contributed by atoms with E-state index in [1.165, 1.54) is 11.3 Å². The van der Waals surface area contributed by atoms with E-state index in [2.05, 4.69) is 17.6 Å². The van der Waals surface area contributed by atoms with Crippen LogP contribution in [0.25, 0.3) is 0 Å². The van der Waals surface area contributed by atoms with E-state index in [1.807, 2.05) is 43.5 Å². The Morgan fingerprint density at radius 1 is 1.38 bits per heavy atom. The van der Waals surface area contributed by atoms with Gasteiger partial charge in [-0.2, -0.15) is 0 Å². The van der Waals surface area contributed by atoms with Crippen LogP contribution in [0.1, 0.15) is 41.4 Å². The Labute approximate surface area is 134 Å². The molecule has 2 rings (SSSR count). The Balaban J connectivity index is 2.19. The summed E-state index contributed by atoms with van der Waals surface area (Å²) in [5.74, 6) is -0.0493. The molecule has 5 heteroatoms. The lowest BCUT2D eigenvalue weighted by molar-refractivity contribution is 0.0956. The number of hydrogen-bond acceptors (Lipinski definition) is 3. The van der Waals surface area contributed by atoms with E-state index in [4.69, 9.17) is 11.6 Å². The fraction of sp³-hybridized carbons (Fsp3) is 0.312. The largest absolute Gasteiger partial charge is 0.378 e. The summed E-state index contributed by atoms with van der Waals surface area (Å²) in [6.07, 6.45) is 0. The van der Waals surface area contributed by atoms with Crippen LogP contribution >= 0.6 is 22.9 Å². The highest BCUT2D eigenvalue weighted by molar-refractivity contribution is 7.14. The van der Waals surface area contributed by atoms with Crippen LogP contribution in [0, 0.1) is 6.92 Å². The zero-order valence-electron chi connectivity index (χ0n) is 12.4. The molecule has 0 saturated carbocycles. The molecular formula is C16H19ClN2OS. The Morgan fingerprint density at radius 3 is 2.76 bits per heavy atom. The Kier molecular flexibility index (Phi) is 5.26. The molecule has 0 bridgehead atoms. The number of carbonyl (C=O) groups excluding carboxylic acids is 1. The molecule has 0 radical (unpaired) electrons. The van der Waals surface area contributed by atoms with E-state index >= 15 is 0 Å². The monoisotopic (exact) mass is 322 g/mol. The number of nitrogens with one attached hydrogen (secondary N) is 2. The van der Waals surface area contributed by atoms with Gasteiger partial charge in [-0.1, -0.05) is 17.7 Å². The quantitative estimate of drug-likeness (QED) is 0.842. The number of hydrogen-bond donors (Lipinski definition) is 2. The maximum absolute atomic E-state index is 11.9. The Morgan fingerprint density at radius 2 is 2.14 bits per heavy atom.